The van der Waals surface area contributed by atoms with Gasteiger partial charge in [0.05, 0.1) is 17.9 Å². The number of hydrogen-bond acceptors (Lipinski definition) is 6. The average molecular weight is 311 g/mol. The Kier molecular flexibility index (Phi) is 4.82. The minimum atomic E-state index is -4.49. The van der Waals surface area contributed by atoms with Gasteiger partial charge in [0.15, 0.2) is 0 Å². The molecule has 0 atom stereocenters. The quantitative estimate of drug-likeness (QED) is 0.716. The van der Waals surface area contributed by atoms with Gasteiger partial charge >= 0.3 is 12.1 Å². The van der Waals surface area contributed by atoms with Gasteiger partial charge in [-0.3, -0.25) is 4.79 Å². The van der Waals surface area contributed by atoms with Gasteiger partial charge in [-0.25, -0.2) is 4.79 Å². The van der Waals surface area contributed by atoms with Gasteiger partial charge < -0.3 is 21.5 Å². The number of nitrogens with one attached hydrogen (secondary N) is 1. The second kappa shape index (κ2) is 5.99. The Morgan fingerprint density at radius 3 is 2.45 bits per heavy atom. The molecule has 112 valence electrons. The first kappa shape index (κ1) is 16.1. The van der Waals surface area contributed by atoms with Gasteiger partial charge in [0, 0.05) is 0 Å². The summed E-state index contributed by atoms with van der Waals surface area (Å²) in [6.45, 7) is 0.238. The second-order valence-electron chi connectivity index (χ2n) is 3.60. The predicted molar refractivity (Wildman–Crippen MR) is 67.8 cm³/mol. The van der Waals surface area contributed by atoms with Crippen molar-refractivity contribution in [3.05, 3.63) is 10.4 Å². The molecule has 0 saturated heterocycles. The van der Waals surface area contributed by atoms with Gasteiger partial charge in [0.2, 0.25) is 0 Å². The smallest absolute Gasteiger partial charge is 0.405 e. The maximum atomic E-state index is 12.2. The number of nitrogen functional groups attached to an aromatic ring is 1. The molecule has 0 fully saturated rings. The molecule has 6 nitrogen and oxygen atoms in total. The number of anilines is 2. The third-order valence-corrected chi connectivity index (χ3v) is 3.25. The third-order valence-electron chi connectivity index (χ3n) is 2.10. The molecule has 0 aliphatic carbocycles. The summed E-state index contributed by atoms with van der Waals surface area (Å²) >= 11 is 0.592. The summed E-state index contributed by atoms with van der Waals surface area (Å²) < 4.78 is 41.2. The van der Waals surface area contributed by atoms with E-state index in [0.717, 1.165) is 0 Å². The van der Waals surface area contributed by atoms with Crippen LogP contribution in [0.2, 0.25) is 0 Å². The molecule has 10 heteroatoms. The van der Waals surface area contributed by atoms with E-state index in [1.54, 1.807) is 6.92 Å². The first-order chi connectivity index (χ1) is 9.17. The molecule has 1 aromatic rings. The Balaban J connectivity index is 3.13. The van der Waals surface area contributed by atoms with Gasteiger partial charge in [-0.05, 0) is 6.92 Å². The summed E-state index contributed by atoms with van der Waals surface area (Å²) in [6, 6.07) is 0. The van der Waals surface area contributed by atoms with Crippen molar-refractivity contribution in [2.24, 2.45) is 5.73 Å². The zero-order chi connectivity index (χ0) is 15.5. The highest BCUT2D eigenvalue weighted by molar-refractivity contribution is 7.19. The highest BCUT2D eigenvalue weighted by atomic mass is 32.1. The van der Waals surface area contributed by atoms with Crippen molar-refractivity contribution < 1.29 is 27.5 Å². The van der Waals surface area contributed by atoms with E-state index in [-0.39, 0.29) is 27.7 Å². The molecule has 1 aromatic heterocycles. The number of primary amides is 1. The number of halogens is 3. The van der Waals surface area contributed by atoms with Gasteiger partial charge in [-0.15, -0.1) is 11.3 Å². The molecule has 1 heterocycles. The normalized spacial score (nSPS) is 11.2. The summed E-state index contributed by atoms with van der Waals surface area (Å²) in [5.74, 6) is -1.85. The Hall–Kier alpha value is -1.97. The monoisotopic (exact) mass is 311 g/mol. The number of alkyl halides is 3. The van der Waals surface area contributed by atoms with Crippen LogP contribution in [0.5, 0.6) is 0 Å². The number of carbonyl (C=O) groups is 2. The number of rotatable bonds is 5. The Morgan fingerprint density at radius 1 is 1.40 bits per heavy atom. The number of nitrogens with two attached hydrogens (primary N) is 2. The average Bonchev–Trinajstić information content (AvgIpc) is 2.63. The van der Waals surface area contributed by atoms with E-state index in [1.807, 2.05) is 5.32 Å². The first-order valence-electron chi connectivity index (χ1n) is 5.37. The van der Waals surface area contributed by atoms with Crippen molar-refractivity contribution in [1.29, 1.82) is 0 Å². The van der Waals surface area contributed by atoms with Gasteiger partial charge in [0.1, 0.15) is 16.4 Å². The van der Waals surface area contributed by atoms with Crippen molar-refractivity contribution >= 4 is 33.9 Å². The number of esters is 1. The minimum Gasteiger partial charge on any atom is -0.462 e. The van der Waals surface area contributed by atoms with Gasteiger partial charge in [-0.1, -0.05) is 0 Å². The molecule has 1 amide bonds. The van der Waals surface area contributed by atoms with E-state index >= 15 is 0 Å². The zero-order valence-electron chi connectivity index (χ0n) is 10.3. The summed E-state index contributed by atoms with van der Waals surface area (Å²) in [4.78, 5) is 22.6. The molecule has 0 spiro atoms. The number of amides is 1. The topological polar surface area (TPSA) is 107 Å². The van der Waals surface area contributed by atoms with Crippen LogP contribution in [0.3, 0.4) is 0 Å². The van der Waals surface area contributed by atoms with Crippen molar-refractivity contribution in [3.8, 4) is 0 Å². The van der Waals surface area contributed by atoms with Crippen LogP contribution in [0.15, 0.2) is 0 Å². The minimum absolute atomic E-state index is 0.0629. The Bertz CT molecular complexity index is 528. The molecule has 1 rings (SSSR count). The van der Waals surface area contributed by atoms with E-state index in [4.69, 9.17) is 16.2 Å². The fourth-order valence-corrected chi connectivity index (χ4v) is 2.36. The molecule has 0 bridgehead atoms. The SMILES string of the molecule is CCOC(=O)c1sc(NCC(F)(F)F)c(C(N)=O)c1N. The number of thiophene rings is 1. The van der Waals surface area contributed by atoms with Gasteiger partial charge in [-0.2, -0.15) is 13.2 Å². The molecule has 0 saturated carbocycles. The van der Waals surface area contributed by atoms with Crippen molar-refractivity contribution in [3.63, 3.8) is 0 Å². The highest BCUT2D eigenvalue weighted by Crippen LogP contribution is 2.36. The fraction of sp³-hybridized carbons (Fsp3) is 0.400. The predicted octanol–water partition coefficient (Wildman–Crippen LogP) is 1.58. The van der Waals surface area contributed by atoms with E-state index < -0.39 is 24.6 Å². The Labute approximate surface area is 115 Å². The summed E-state index contributed by atoms with van der Waals surface area (Å²) in [5, 5.41) is 1.79. The van der Waals surface area contributed by atoms with Crippen LogP contribution >= 0.6 is 11.3 Å². The lowest BCUT2D eigenvalue weighted by Crippen LogP contribution is -2.22. The molecule has 0 radical (unpaired) electrons. The molecular weight excluding hydrogens is 299 g/mol. The molecule has 0 aromatic carbocycles. The molecule has 0 aliphatic rings. The number of hydrogen-bond donors (Lipinski definition) is 3. The van der Waals surface area contributed by atoms with Crippen molar-refractivity contribution in [1.82, 2.24) is 0 Å². The zero-order valence-corrected chi connectivity index (χ0v) is 11.2. The lowest BCUT2D eigenvalue weighted by atomic mass is 10.2. The summed E-state index contributed by atoms with van der Waals surface area (Å²) in [5.41, 5.74) is 9.99. The van der Waals surface area contributed by atoms with Crippen LogP contribution in [0.25, 0.3) is 0 Å². The molecular formula is C10H12F3N3O3S. The van der Waals surface area contributed by atoms with Crippen LogP contribution in [0.1, 0.15) is 27.0 Å². The molecule has 5 N–H and O–H groups in total. The van der Waals surface area contributed by atoms with Crippen LogP contribution < -0.4 is 16.8 Å². The lowest BCUT2D eigenvalue weighted by molar-refractivity contribution is -0.115. The molecule has 0 aliphatic heterocycles. The van der Waals surface area contributed by atoms with Crippen LogP contribution in [0.4, 0.5) is 23.9 Å². The Morgan fingerprint density at radius 2 is 2.00 bits per heavy atom. The van der Waals surface area contributed by atoms with Crippen LogP contribution in [0, 0.1) is 0 Å². The van der Waals surface area contributed by atoms with Gasteiger partial charge in [0.25, 0.3) is 5.91 Å². The van der Waals surface area contributed by atoms with Crippen molar-refractivity contribution in [2.75, 3.05) is 24.2 Å². The fourth-order valence-electron chi connectivity index (χ4n) is 1.34. The molecule has 20 heavy (non-hydrogen) atoms. The summed E-state index contributed by atoms with van der Waals surface area (Å²) in [6.07, 6.45) is -4.49. The maximum absolute atomic E-state index is 12.2. The maximum Gasteiger partial charge on any atom is 0.405 e. The largest absolute Gasteiger partial charge is 0.462 e. The van der Waals surface area contributed by atoms with E-state index in [1.165, 1.54) is 0 Å². The highest BCUT2D eigenvalue weighted by Gasteiger charge is 2.30. The van der Waals surface area contributed by atoms with E-state index in [9.17, 15) is 22.8 Å². The standard InChI is InChI=1S/C10H12F3N3O3S/c1-2-19-9(18)6-5(14)4(7(15)17)8(20-6)16-3-10(11,12)13/h16H,2-3,14H2,1H3,(H2,15,17). The van der Waals surface area contributed by atoms with Crippen LogP contribution in [-0.2, 0) is 4.74 Å². The number of carbonyl (C=O) groups excluding carboxylic acids is 2. The van der Waals surface area contributed by atoms with Crippen LogP contribution in [-0.4, -0.2) is 31.2 Å². The summed E-state index contributed by atoms with van der Waals surface area (Å²) in [7, 11) is 0. The van der Waals surface area contributed by atoms with E-state index in [0.29, 0.717) is 11.3 Å². The lowest BCUT2D eigenvalue weighted by Gasteiger charge is -2.08. The van der Waals surface area contributed by atoms with E-state index in [2.05, 4.69) is 0 Å². The number of ether oxygens (including phenoxy) is 1. The molecule has 0 unspecified atom stereocenters. The van der Waals surface area contributed by atoms with Crippen molar-refractivity contribution in [2.45, 2.75) is 13.1 Å². The second-order valence-corrected chi connectivity index (χ2v) is 4.62. The first-order valence-corrected chi connectivity index (χ1v) is 6.18. The third kappa shape index (κ3) is 3.76.